The van der Waals surface area contributed by atoms with Crippen LogP contribution in [-0.4, -0.2) is 15.3 Å². The van der Waals surface area contributed by atoms with Crippen molar-refractivity contribution < 1.29 is 9.60 Å². The fourth-order valence-corrected chi connectivity index (χ4v) is 4.42. The Kier molecular flexibility index (Phi) is 4.46. The zero-order valence-corrected chi connectivity index (χ0v) is 14.7. The molecule has 26 heavy (non-hydrogen) atoms. The second-order valence-electron chi connectivity index (χ2n) is 7.52. The number of hydrogen-bond acceptors (Lipinski definition) is 3. The first kappa shape index (κ1) is 17.1. The van der Waals surface area contributed by atoms with Gasteiger partial charge in [-0.25, -0.2) is 9.18 Å². The van der Waals surface area contributed by atoms with E-state index in [1.54, 1.807) is 6.07 Å². The maximum absolute atomic E-state index is 14.6. The first-order valence-corrected chi connectivity index (χ1v) is 9.51. The van der Waals surface area contributed by atoms with Crippen LogP contribution in [-0.2, 0) is 5.21 Å². The largest absolute Gasteiger partial charge is 0.380 e. The minimum absolute atomic E-state index is 0.0294. The summed E-state index contributed by atoms with van der Waals surface area (Å²) >= 11 is 0. The fraction of sp³-hybridized carbons (Fsp3) is 0.579. The van der Waals surface area contributed by atoms with Crippen LogP contribution in [0, 0.1) is 5.82 Å². The van der Waals surface area contributed by atoms with E-state index in [1.807, 2.05) is 0 Å². The Morgan fingerprint density at radius 2 is 1.62 bits per heavy atom. The van der Waals surface area contributed by atoms with Crippen LogP contribution in [0.4, 0.5) is 10.1 Å². The van der Waals surface area contributed by atoms with Gasteiger partial charge in [-0.1, -0.05) is 32.1 Å². The second-order valence-corrected chi connectivity index (χ2v) is 7.52. The molecule has 1 aromatic carbocycles. The van der Waals surface area contributed by atoms with Crippen molar-refractivity contribution in [1.82, 2.24) is 9.30 Å². The molecule has 0 atom stereocenters. The predicted octanol–water partition coefficient (Wildman–Crippen LogP) is 3.36. The molecule has 2 fully saturated rings. The highest BCUT2D eigenvalue weighted by Crippen LogP contribution is 2.32. The maximum Gasteiger partial charge on any atom is 0.369 e. The summed E-state index contributed by atoms with van der Waals surface area (Å²) < 4.78 is 15.9. The van der Waals surface area contributed by atoms with Gasteiger partial charge in [-0.15, -0.1) is 0 Å². The van der Waals surface area contributed by atoms with Crippen LogP contribution in [0.5, 0.6) is 0 Å². The van der Waals surface area contributed by atoms with E-state index in [0.717, 1.165) is 57.4 Å². The van der Waals surface area contributed by atoms with Crippen LogP contribution in [0.1, 0.15) is 63.8 Å². The number of nitrogens with zero attached hydrogens (tertiary/aromatic N) is 2. The van der Waals surface area contributed by atoms with Gasteiger partial charge in [0, 0.05) is 12.1 Å². The lowest BCUT2D eigenvalue weighted by Crippen LogP contribution is -2.39. The van der Waals surface area contributed by atoms with Crippen molar-refractivity contribution in [2.75, 3.05) is 5.32 Å². The lowest BCUT2D eigenvalue weighted by molar-refractivity contribution is 0.0663. The summed E-state index contributed by atoms with van der Waals surface area (Å²) in [5.74, 6) is -0.559. The average molecular weight is 360 g/mol. The average Bonchev–Trinajstić information content (AvgIpc) is 3.17. The monoisotopic (exact) mass is 360 g/mol. The molecule has 2 aromatic rings. The summed E-state index contributed by atoms with van der Waals surface area (Å²) in [5, 5.41) is 15.2. The Balaban J connectivity index is 1.87. The molecule has 7 heteroatoms. The number of halogens is 1. The van der Waals surface area contributed by atoms with Crippen molar-refractivity contribution in [1.29, 1.82) is 0 Å². The van der Waals surface area contributed by atoms with Gasteiger partial charge >= 0.3 is 11.2 Å². The van der Waals surface area contributed by atoms with Gasteiger partial charge in [0.25, 0.3) is 0 Å². The van der Waals surface area contributed by atoms with Gasteiger partial charge < -0.3 is 5.32 Å². The summed E-state index contributed by atoms with van der Waals surface area (Å²) in [4.78, 5) is 24.7. The standard InChI is InChI=1S/C19H23FN3O3/c20-15-10-14-17(11-16(15)21-12-6-2-1-3-7-12)22(13-8-4-5-9-13)19(25)23(26)18(14)24/h10-13,21H,1-9H2. The molecule has 2 aliphatic carbocycles. The molecule has 1 N–H and O–H groups in total. The van der Waals surface area contributed by atoms with E-state index in [4.69, 9.17) is 0 Å². The van der Waals surface area contributed by atoms with Crippen LogP contribution in [0.3, 0.4) is 0 Å². The molecule has 139 valence electrons. The predicted molar refractivity (Wildman–Crippen MR) is 96.5 cm³/mol. The van der Waals surface area contributed by atoms with Crippen molar-refractivity contribution in [2.45, 2.75) is 69.9 Å². The van der Waals surface area contributed by atoms with Crippen molar-refractivity contribution in [3.8, 4) is 0 Å². The van der Waals surface area contributed by atoms with Gasteiger partial charge in [-0.05, 0) is 42.5 Å². The number of anilines is 1. The first-order chi connectivity index (χ1) is 12.6. The molecule has 0 unspecified atom stereocenters. The molecule has 0 aliphatic heterocycles. The van der Waals surface area contributed by atoms with Gasteiger partial charge in [-0.2, -0.15) is 5.21 Å². The Bertz CT molecular complexity index is 938. The number of rotatable bonds is 3. The molecule has 0 saturated heterocycles. The van der Waals surface area contributed by atoms with Crippen molar-refractivity contribution in [3.05, 3.63) is 38.8 Å². The molecule has 1 radical (unpaired) electrons. The van der Waals surface area contributed by atoms with E-state index < -0.39 is 17.1 Å². The summed E-state index contributed by atoms with van der Waals surface area (Å²) in [5.41, 5.74) is -1.18. The third-order valence-corrected chi connectivity index (χ3v) is 5.79. The van der Waals surface area contributed by atoms with E-state index >= 15 is 0 Å². The van der Waals surface area contributed by atoms with Gasteiger partial charge in [0.2, 0.25) is 0 Å². The zero-order chi connectivity index (χ0) is 18.3. The normalized spacial score (nSPS) is 19.3. The van der Waals surface area contributed by atoms with Crippen molar-refractivity contribution in [2.24, 2.45) is 0 Å². The zero-order valence-electron chi connectivity index (χ0n) is 14.7. The quantitative estimate of drug-likeness (QED) is 0.912. The Hall–Kier alpha value is -2.31. The summed E-state index contributed by atoms with van der Waals surface area (Å²) in [6.07, 6.45) is 8.91. The molecule has 2 saturated carbocycles. The highest BCUT2D eigenvalue weighted by atomic mass is 19.1. The van der Waals surface area contributed by atoms with E-state index in [0.29, 0.717) is 11.2 Å². The number of aromatic nitrogens is 2. The molecule has 0 amide bonds. The summed E-state index contributed by atoms with van der Waals surface area (Å²) in [6.45, 7) is 0. The molecule has 1 aromatic heterocycles. The molecule has 2 aliphatic rings. The lowest BCUT2D eigenvalue weighted by Gasteiger charge is -2.25. The highest BCUT2D eigenvalue weighted by Gasteiger charge is 2.25. The third-order valence-electron chi connectivity index (χ3n) is 5.79. The number of nitrogens with one attached hydrogen (secondary N) is 1. The van der Waals surface area contributed by atoms with Gasteiger partial charge in [-0.3, -0.25) is 9.36 Å². The second kappa shape index (κ2) is 6.78. The number of fused-ring (bicyclic) bond motifs is 1. The number of benzene rings is 1. The Morgan fingerprint density at radius 3 is 2.31 bits per heavy atom. The van der Waals surface area contributed by atoms with Gasteiger partial charge in [0.05, 0.1) is 16.6 Å². The SMILES string of the molecule is [O]n1c(=O)c2cc(F)c(NC3CCCCC3)cc2n(C2CCCC2)c1=O. The van der Waals surface area contributed by atoms with E-state index in [-0.39, 0.29) is 22.2 Å². The van der Waals surface area contributed by atoms with Crippen molar-refractivity contribution in [3.63, 3.8) is 0 Å². The topological polar surface area (TPSA) is 75.9 Å². The fourth-order valence-electron chi connectivity index (χ4n) is 4.42. The Labute approximate surface area is 150 Å². The van der Waals surface area contributed by atoms with Crippen LogP contribution in [0.2, 0.25) is 0 Å². The molecule has 0 bridgehead atoms. The van der Waals surface area contributed by atoms with Gasteiger partial charge in [0.15, 0.2) is 0 Å². The third kappa shape index (κ3) is 2.89. The van der Waals surface area contributed by atoms with E-state index in [1.165, 1.54) is 11.0 Å². The minimum atomic E-state index is -0.984. The lowest BCUT2D eigenvalue weighted by atomic mass is 9.95. The molecule has 1 heterocycles. The minimum Gasteiger partial charge on any atom is -0.380 e. The molecular weight excluding hydrogens is 337 g/mol. The molecule has 4 rings (SSSR count). The Morgan fingerprint density at radius 1 is 0.962 bits per heavy atom. The smallest absolute Gasteiger partial charge is 0.369 e. The van der Waals surface area contributed by atoms with Crippen LogP contribution in [0.15, 0.2) is 21.7 Å². The summed E-state index contributed by atoms with van der Waals surface area (Å²) in [6, 6.07) is 2.73. The number of hydrogen-bond donors (Lipinski definition) is 1. The van der Waals surface area contributed by atoms with Crippen molar-refractivity contribution >= 4 is 16.6 Å². The van der Waals surface area contributed by atoms with Crippen LogP contribution < -0.4 is 16.6 Å². The van der Waals surface area contributed by atoms with E-state index in [2.05, 4.69) is 5.32 Å². The summed E-state index contributed by atoms with van der Waals surface area (Å²) in [7, 11) is 0. The van der Waals surface area contributed by atoms with E-state index in [9.17, 15) is 19.2 Å². The molecule has 6 nitrogen and oxygen atoms in total. The van der Waals surface area contributed by atoms with Crippen LogP contribution in [0.25, 0.3) is 10.9 Å². The van der Waals surface area contributed by atoms with Crippen LogP contribution >= 0.6 is 0 Å². The highest BCUT2D eigenvalue weighted by molar-refractivity contribution is 5.82. The van der Waals surface area contributed by atoms with Gasteiger partial charge in [0.1, 0.15) is 5.82 Å². The molecular formula is C19H23FN3O3. The molecule has 0 spiro atoms. The maximum atomic E-state index is 14.6. The first-order valence-electron chi connectivity index (χ1n) is 9.51.